The molecular formula is C14H12BN. The second kappa shape index (κ2) is 3.56. The summed E-state index contributed by atoms with van der Waals surface area (Å²) in [5.41, 5.74) is 3.81. The second-order valence-corrected chi connectivity index (χ2v) is 4.03. The zero-order valence-corrected chi connectivity index (χ0v) is 9.22. The summed E-state index contributed by atoms with van der Waals surface area (Å²) >= 11 is 0. The predicted octanol–water partition coefficient (Wildman–Crippen LogP) is 1.89. The molecule has 76 valence electrons. The third-order valence-electron chi connectivity index (χ3n) is 2.97. The van der Waals surface area contributed by atoms with Crippen molar-refractivity contribution < 1.29 is 0 Å². The van der Waals surface area contributed by atoms with Gasteiger partial charge in [-0.15, -0.1) is 0 Å². The van der Waals surface area contributed by atoms with Crippen molar-refractivity contribution in [1.82, 2.24) is 4.57 Å². The summed E-state index contributed by atoms with van der Waals surface area (Å²) in [6, 6.07) is 19.1. The Labute approximate surface area is 95.7 Å². The van der Waals surface area contributed by atoms with E-state index in [-0.39, 0.29) is 0 Å². The van der Waals surface area contributed by atoms with E-state index in [2.05, 4.69) is 73.2 Å². The number of fused-ring (bicyclic) bond motifs is 1. The molecule has 0 N–H and O–H groups in total. The highest BCUT2D eigenvalue weighted by Gasteiger charge is 2.03. The molecule has 0 spiro atoms. The van der Waals surface area contributed by atoms with Crippen LogP contribution in [0.2, 0.25) is 0 Å². The van der Waals surface area contributed by atoms with E-state index in [0.717, 1.165) is 0 Å². The van der Waals surface area contributed by atoms with Crippen molar-refractivity contribution in [3.05, 3.63) is 60.8 Å². The van der Waals surface area contributed by atoms with Crippen LogP contribution < -0.4 is 5.46 Å². The van der Waals surface area contributed by atoms with Gasteiger partial charge < -0.3 is 4.57 Å². The number of hydrogen-bond donors (Lipinski definition) is 0. The van der Waals surface area contributed by atoms with Gasteiger partial charge in [0.1, 0.15) is 7.85 Å². The monoisotopic (exact) mass is 205 g/mol. The number of aromatic nitrogens is 1. The Kier molecular flexibility index (Phi) is 2.07. The average molecular weight is 205 g/mol. The Morgan fingerprint density at radius 3 is 2.44 bits per heavy atom. The lowest BCUT2D eigenvalue weighted by Gasteiger charge is -2.08. The molecule has 0 unspecified atom stereocenters. The van der Waals surface area contributed by atoms with E-state index in [1.165, 1.54) is 22.1 Å². The first-order valence-electron chi connectivity index (χ1n) is 5.48. The van der Waals surface area contributed by atoms with Crippen molar-refractivity contribution in [1.29, 1.82) is 0 Å². The summed E-state index contributed by atoms with van der Waals surface area (Å²) in [6.07, 6.45) is 2.13. The van der Waals surface area contributed by atoms with Crippen LogP contribution in [-0.4, -0.2) is 12.4 Å². The Hall–Kier alpha value is -1.96. The smallest absolute Gasteiger partial charge is 0.142 e. The molecular weight excluding hydrogens is 193 g/mol. The van der Waals surface area contributed by atoms with Gasteiger partial charge in [-0.25, -0.2) is 0 Å². The Balaban J connectivity index is 2.31. The minimum Gasteiger partial charge on any atom is -0.317 e. The fraction of sp³-hybridized carbons (Fsp3) is 0. The van der Waals surface area contributed by atoms with Crippen LogP contribution >= 0.6 is 0 Å². The molecule has 2 aromatic carbocycles. The van der Waals surface area contributed by atoms with Gasteiger partial charge in [-0.3, -0.25) is 0 Å². The SMILES string of the molecule is Bc1ccccc1-n1ccc2ccccc21. The Morgan fingerprint density at radius 2 is 1.56 bits per heavy atom. The average Bonchev–Trinajstić information content (AvgIpc) is 2.74. The number of hydrogen-bond acceptors (Lipinski definition) is 0. The van der Waals surface area contributed by atoms with Gasteiger partial charge >= 0.3 is 0 Å². The van der Waals surface area contributed by atoms with Crippen molar-refractivity contribution >= 4 is 24.2 Å². The fourth-order valence-electron chi connectivity index (χ4n) is 2.13. The van der Waals surface area contributed by atoms with Crippen LogP contribution in [0.25, 0.3) is 16.6 Å². The highest BCUT2D eigenvalue weighted by Crippen LogP contribution is 2.18. The Morgan fingerprint density at radius 1 is 0.812 bits per heavy atom. The molecule has 0 saturated carbocycles. The second-order valence-electron chi connectivity index (χ2n) is 4.03. The largest absolute Gasteiger partial charge is 0.317 e. The van der Waals surface area contributed by atoms with Gasteiger partial charge in [0, 0.05) is 11.9 Å². The van der Waals surface area contributed by atoms with Crippen LogP contribution in [0.3, 0.4) is 0 Å². The van der Waals surface area contributed by atoms with Gasteiger partial charge in [-0.2, -0.15) is 0 Å². The molecule has 0 fully saturated rings. The highest BCUT2D eigenvalue weighted by molar-refractivity contribution is 6.34. The summed E-state index contributed by atoms with van der Waals surface area (Å²) in [6.45, 7) is 0. The van der Waals surface area contributed by atoms with Gasteiger partial charge in [-0.05, 0) is 23.6 Å². The molecule has 0 amide bonds. The van der Waals surface area contributed by atoms with E-state index in [4.69, 9.17) is 0 Å². The summed E-state index contributed by atoms with van der Waals surface area (Å²) in [4.78, 5) is 0. The molecule has 1 heterocycles. The first kappa shape index (κ1) is 9.28. The maximum atomic E-state index is 2.24. The first-order chi connectivity index (χ1) is 7.86. The zero-order valence-electron chi connectivity index (χ0n) is 9.22. The van der Waals surface area contributed by atoms with Crippen molar-refractivity contribution in [3.63, 3.8) is 0 Å². The lowest BCUT2D eigenvalue weighted by Crippen LogP contribution is -2.10. The quantitative estimate of drug-likeness (QED) is 0.534. The topological polar surface area (TPSA) is 4.93 Å². The van der Waals surface area contributed by atoms with Crippen molar-refractivity contribution in [2.75, 3.05) is 0 Å². The van der Waals surface area contributed by atoms with Gasteiger partial charge in [-0.1, -0.05) is 41.9 Å². The summed E-state index contributed by atoms with van der Waals surface area (Å²) in [5, 5.41) is 1.28. The van der Waals surface area contributed by atoms with Crippen LogP contribution in [-0.2, 0) is 0 Å². The van der Waals surface area contributed by atoms with Crippen LogP contribution in [0.4, 0.5) is 0 Å². The van der Waals surface area contributed by atoms with Gasteiger partial charge in [0.2, 0.25) is 0 Å². The molecule has 2 heteroatoms. The first-order valence-corrected chi connectivity index (χ1v) is 5.48. The number of rotatable bonds is 1. The molecule has 0 aliphatic carbocycles. The van der Waals surface area contributed by atoms with E-state index in [0.29, 0.717) is 0 Å². The summed E-state index contributed by atoms with van der Waals surface area (Å²) in [7, 11) is 2.14. The lowest BCUT2D eigenvalue weighted by atomic mass is 9.94. The lowest BCUT2D eigenvalue weighted by molar-refractivity contribution is 1.14. The molecule has 1 nitrogen and oxygen atoms in total. The zero-order chi connectivity index (χ0) is 11.0. The third kappa shape index (κ3) is 1.35. The Bertz CT molecular complexity index is 640. The third-order valence-corrected chi connectivity index (χ3v) is 2.97. The maximum Gasteiger partial charge on any atom is 0.142 e. The molecule has 3 aromatic rings. The molecule has 0 aliphatic heterocycles. The van der Waals surface area contributed by atoms with Crippen LogP contribution in [0.5, 0.6) is 0 Å². The van der Waals surface area contributed by atoms with Crippen LogP contribution in [0.1, 0.15) is 0 Å². The molecule has 0 aliphatic rings. The predicted molar refractivity (Wildman–Crippen MR) is 71.5 cm³/mol. The molecule has 0 radical (unpaired) electrons. The molecule has 3 rings (SSSR count). The molecule has 0 atom stereocenters. The molecule has 0 saturated heterocycles. The van der Waals surface area contributed by atoms with Crippen molar-refractivity contribution in [2.45, 2.75) is 0 Å². The highest BCUT2D eigenvalue weighted by atomic mass is 15.0. The van der Waals surface area contributed by atoms with E-state index in [1.807, 2.05) is 0 Å². The standard InChI is InChI=1S/C14H12BN/c15-12-6-2-4-8-14(12)16-10-9-11-5-1-3-7-13(11)16/h1-10H,15H2. The number of benzene rings is 2. The van der Waals surface area contributed by atoms with E-state index >= 15 is 0 Å². The van der Waals surface area contributed by atoms with E-state index < -0.39 is 0 Å². The summed E-state index contributed by atoms with van der Waals surface area (Å²) in [5.74, 6) is 0. The normalized spacial score (nSPS) is 10.8. The van der Waals surface area contributed by atoms with Gasteiger partial charge in [0.25, 0.3) is 0 Å². The summed E-state index contributed by atoms with van der Waals surface area (Å²) < 4.78 is 2.24. The van der Waals surface area contributed by atoms with Crippen molar-refractivity contribution in [3.8, 4) is 5.69 Å². The number of para-hydroxylation sites is 2. The fourth-order valence-corrected chi connectivity index (χ4v) is 2.13. The minimum atomic E-state index is 1.25. The van der Waals surface area contributed by atoms with E-state index in [1.54, 1.807) is 0 Å². The van der Waals surface area contributed by atoms with Gasteiger partial charge in [0.15, 0.2) is 0 Å². The van der Waals surface area contributed by atoms with E-state index in [9.17, 15) is 0 Å². The van der Waals surface area contributed by atoms with Crippen LogP contribution in [0.15, 0.2) is 60.8 Å². The molecule has 0 bridgehead atoms. The molecule has 16 heavy (non-hydrogen) atoms. The minimum absolute atomic E-state index is 1.25. The maximum absolute atomic E-state index is 2.24. The van der Waals surface area contributed by atoms with Crippen molar-refractivity contribution in [2.24, 2.45) is 0 Å². The van der Waals surface area contributed by atoms with Gasteiger partial charge in [0.05, 0.1) is 5.52 Å². The van der Waals surface area contributed by atoms with Crippen LogP contribution in [0, 0.1) is 0 Å². The number of nitrogens with zero attached hydrogens (tertiary/aromatic N) is 1. The molecule has 1 aromatic heterocycles.